The summed E-state index contributed by atoms with van der Waals surface area (Å²) in [5.74, 6) is 0. The second kappa shape index (κ2) is 6.17. The van der Waals surface area contributed by atoms with Crippen molar-refractivity contribution in [2.24, 2.45) is 0 Å². The summed E-state index contributed by atoms with van der Waals surface area (Å²) >= 11 is 0. The maximum absolute atomic E-state index is 2.75. The fraction of sp³-hybridized carbons (Fsp3) is 0.667. The van der Waals surface area contributed by atoms with Gasteiger partial charge in [-0.05, 0) is 64.3 Å². The molecule has 3 rings (SSSR count). The summed E-state index contributed by atoms with van der Waals surface area (Å²) in [6, 6.07) is 7.72. The van der Waals surface area contributed by atoms with E-state index in [-0.39, 0.29) is 0 Å². The van der Waals surface area contributed by atoms with Crippen molar-refractivity contribution in [3.05, 3.63) is 29.3 Å². The normalized spacial score (nSPS) is 22.2. The Kier molecular flexibility index (Phi) is 4.30. The first kappa shape index (κ1) is 13.9. The fourth-order valence-corrected chi connectivity index (χ4v) is 3.92. The number of likely N-dealkylation sites (tertiary alicyclic amines) is 1. The predicted molar refractivity (Wildman–Crippen MR) is 86.6 cm³/mol. The lowest BCUT2D eigenvalue weighted by molar-refractivity contribution is 0.141. The molecular formula is C18H28N2. The zero-order valence-corrected chi connectivity index (χ0v) is 13.1. The average Bonchev–Trinajstić information content (AvgIpc) is 2.48. The number of hydrogen-bond acceptors (Lipinski definition) is 2. The maximum Gasteiger partial charge on any atom is 0.0396 e. The zero-order chi connectivity index (χ0) is 13.9. The molecule has 0 aromatic heterocycles. The van der Waals surface area contributed by atoms with Gasteiger partial charge in [-0.3, -0.25) is 0 Å². The van der Waals surface area contributed by atoms with Crippen molar-refractivity contribution in [1.82, 2.24) is 4.90 Å². The minimum absolute atomic E-state index is 0.845. The summed E-state index contributed by atoms with van der Waals surface area (Å²) in [4.78, 5) is 5.35. The van der Waals surface area contributed by atoms with E-state index in [4.69, 9.17) is 0 Å². The van der Waals surface area contributed by atoms with E-state index in [1.165, 1.54) is 75.1 Å². The molecule has 0 spiro atoms. The van der Waals surface area contributed by atoms with Crippen molar-refractivity contribution < 1.29 is 0 Å². The molecule has 1 aromatic rings. The molecule has 2 fully saturated rings. The van der Waals surface area contributed by atoms with Gasteiger partial charge in [0.2, 0.25) is 0 Å². The van der Waals surface area contributed by atoms with Crippen LogP contribution in [0.15, 0.2) is 18.2 Å². The second-order valence-corrected chi connectivity index (χ2v) is 6.60. The molecule has 2 saturated heterocycles. The number of rotatable bonds is 2. The number of nitrogens with zero attached hydrogens (tertiary/aromatic N) is 2. The lowest BCUT2D eigenvalue weighted by atomic mass is 9.98. The summed E-state index contributed by atoms with van der Waals surface area (Å²) in [5.41, 5.74) is 4.25. The van der Waals surface area contributed by atoms with Gasteiger partial charge >= 0.3 is 0 Å². The summed E-state index contributed by atoms with van der Waals surface area (Å²) in [6.07, 6.45) is 6.95. The largest absolute Gasteiger partial charge is 0.371 e. The monoisotopic (exact) mass is 272 g/mol. The van der Waals surface area contributed by atoms with Crippen molar-refractivity contribution in [2.45, 2.75) is 52.0 Å². The second-order valence-electron chi connectivity index (χ2n) is 6.60. The topological polar surface area (TPSA) is 6.48 Å². The van der Waals surface area contributed by atoms with Gasteiger partial charge in [0.15, 0.2) is 0 Å². The first-order chi connectivity index (χ1) is 9.74. The molecule has 2 heterocycles. The summed E-state index contributed by atoms with van der Waals surface area (Å²) < 4.78 is 0. The van der Waals surface area contributed by atoms with E-state index in [9.17, 15) is 0 Å². The Morgan fingerprint density at radius 3 is 2.25 bits per heavy atom. The van der Waals surface area contributed by atoms with E-state index in [1.807, 2.05) is 0 Å². The van der Waals surface area contributed by atoms with E-state index in [0.717, 1.165) is 6.04 Å². The highest BCUT2D eigenvalue weighted by Gasteiger charge is 2.25. The first-order valence-electron chi connectivity index (χ1n) is 8.30. The molecule has 0 saturated carbocycles. The van der Waals surface area contributed by atoms with Gasteiger partial charge in [0.25, 0.3) is 0 Å². The molecule has 0 radical (unpaired) electrons. The van der Waals surface area contributed by atoms with E-state index >= 15 is 0 Å². The molecule has 0 N–H and O–H groups in total. The number of hydrogen-bond donors (Lipinski definition) is 0. The van der Waals surface area contributed by atoms with Crippen LogP contribution in [0.3, 0.4) is 0 Å². The lowest BCUT2D eigenvalue weighted by Crippen LogP contribution is -2.46. The SMILES string of the molecule is Cc1ccc(N2CCC(N3CCCCC3)CC2)c(C)c1. The molecule has 0 aliphatic carbocycles. The fourth-order valence-electron chi connectivity index (χ4n) is 3.92. The van der Waals surface area contributed by atoms with Crippen LogP contribution in [-0.4, -0.2) is 37.1 Å². The van der Waals surface area contributed by atoms with Gasteiger partial charge in [0.05, 0.1) is 0 Å². The molecular weight excluding hydrogens is 244 g/mol. The molecule has 0 unspecified atom stereocenters. The van der Waals surface area contributed by atoms with Crippen LogP contribution in [0.5, 0.6) is 0 Å². The minimum Gasteiger partial charge on any atom is -0.371 e. The van der Waals surface area contributed by atoms with Crippen LogP contribution in [0.2, 0.25) is 0 Å². The van der Waals surface area contributed by atoms with Crippen LogP contribution in [0.25, 0.3) is 0 Å². The highest BCUT2D eigenvalue weighted by atomic mass is 15.2. The average molecular weight is 272 g/mol. The van der Waals surface area contributed by atoms with Crippen molar-refractivity contribution in [3.63, 3.8) is 0 Å². The Morgan fingerprint density at radius 2 is 1.60 bits per heavy atom. The highest BCUT2D eigenvalue weighted by Crippen LogP contribution is 2.27. The van der Waals surface area contributed by atoms with Gasteiger partial charge in [0.1, 0.15) is 0 Å². The van der Waals surface area contributed by atoms with Gasteiger partial charge in [0, 0.05) is 24.8 Å². The van der Waals surface area contributed by atoms with E-state index in [0.29, 0.717) is 0 Å². The number of piperidine rings is 2. The predicted octanol–water partition coefficient (Wildman–Crippen LogP) is 3.76. The molecule has 2 heteroatoms. The van der Waals surface area contributed by atoms with Crippen molar-refractivity contribution in [1.29, 1.82) is 0 Å². The standard InChI is InChI=1S/C18H28N2/c1-15-6-7-18(16(2)14-15)20-12-8-17(9-13-20)19-10-4-3-5-11-19/h6-7,14,17H,3-5,8-13H2,1-2H3. The summed E-state index contributed by atoms with van der Waals surface area (Å²) in [6.45, 7) is 9.57. The van der Waals surface area contributed by atoms with Gasteiger partial charge in [-0.25, -0.2) is 0 Å². The molecule has 2 aliphatic rings. The Bertz CT molecular complexity index is 441. The quantitative estimate of drug-likeness (QED) is 0.809. The third-order valence-corrected chi connectivity index (χ3v) is 5.06. The molecule has 0 bridgehead atoms. The number of anilines is 1. The van der Waals surface area contributed by atoms with Gasteiger partial charge in [-0.15, -0.1) is 0 Å². The van der Waals surface area contributed by atoms with Gasteiger partial charge in [-0.1, -0.05) is 24.1 Å². The van der Waals surface area contributed by atoms with Crippen LogP contribution in [0.1, 0.15) is 43.2 Å². The van der Waals surface area contributed by atoms with Gasteiger partial charge < -0.3 is 9.80 Å². The minimum atomic E-state index is 0.845. The Labute approximate surface area is 123 Å². The number of aryl methyl sites for hydroxylation is 2. The molecule has 2 nitrogen and oxygen atoms in total. The lowest BCUT2D eigenvalue weighted by Gasteiger charge is -2.41. The molecule has 2 aliphatic heterocycles. The van der Waals surface area contributed by atoms with Crippen LogP contribution in [0.4, 0.5) is 5.69 Å². The third-order valence-electron chi connectivity index (χ3n) is 5.06. The van der Waals surface area contributed by atoms with E-state index in [1.54, 1.807) is 0 Å². The van der Waals surface area contributed by atoms with Crippen molar-refractivity contribution in [2.75, 3.05) is 31.1 Å². The Balaban J connectivity index is 1.60. The highest BCUT2D eigenvalue weighted by molar-refractivity contribution is 5.54. The maximum atomic E-state index is 2.75. The Morgan fingerprint density at radius 1 is 0.900 bits per heavy atom. The number of benzene rings is 1. The summed E-state index contributed by atoms with van der Waals surface area (Å²) in [5, 5.41) is 0. The molecule has 0 amide bonds. The van der Waals surface area contributed by atoms with Crippen LogP contribution < -0.4 is 4.90 Å². The van der Waals surface area contributed by atoms with Crippen molar-refractivity contribution in [3.8, 4) is 0 Å². The molecule has 0 atom stereocenters. The van der Waals surface area contributed by atoms with E-state index < -0.39 is 0 Å². The van der Waals surface area contributed by atoms with Crippen LogP contribution in [-0.2, 0) is 0 Å². The van der Waals surface area contributed by atoms with Crippen LogP contribution in [0, 0.1) is 13.8 Å². The van der Waals surface area contributed by atoms with E-state index in [2.05, 4.69) is 41.8 Å². The van der Waals surface area contributed by atoms with Crippen LogP contribution >= 0.6 is 0 Å². The Hall–Kier alpha value is -1.02. The zero-order valence-electron chi connectivity index (χ0n) is 13.1. The van der Waals surface area contributed by atoms with Gasteiger partial charge in [-0.2, -0.15) is 0 Å². The smallest absolute Gasteiger partial charge is 0.0396 e. The third kappa shape index (κ3) is 3.01. The molecule has 20 heavy (non-hydrogen) atoms. The van der Waals surface area contributed by atoms with Crippen molar-refractivity contribution >= 4 is 5.69 Å². The summed E-state index contributed by atoms with van der Waals surface area (Å²) in [7, 11) is 0. The molecule has 110 valence electrons. The first-order valence-corrected chi connectivity index (χ1v) is 8.30. The molecule has 1 aromatic carbocycles.